The van der Waals surface area contributed by atoms with Crippen molar-refractivity contribution in [2.75, 3.05) is 13.1 Å². The molecule has 0 radical (unpaired) electrons. The highest BCUT2D eigenvalue weighted by molar-refractivity contribution is 6.06. The third-order valence-corrected chi connectivity index (χ3v) is 6.32. The Morgan fingerprint density at radius 1 is 1.12 bits per heavy atom. The molecule has 4 rings (SSSR count). The minimum Gasteiger partial charge on any atom is -0.348 e. The number of hydrogen-bond acceptors (Lipinski definition) is 4. The van der Waals surface area contributed by atoms with Crippen LogP contribution in [0.15, 0.2) is 30.3 Å². The highest BCUT2D eigenvalue weighted by atomic mass is 16.2. The number of nitrogens with one attached hydrogen (secondary N) is 1. The van der Waals surface area contributed by atoms with Crippen LogP contribution in [0, 0.1) is 6.92 Å². The van der Waals surface area contributed by atoms with E-state index < -0.39 is 0 Å². The summed E-state index contributed by atoms with van der Waals surface area (Å²) >= 11 is 0. The van der Waals surface area contributed by atoms with Crippen molar-refractivity contribution in [2.45, 2.75) is 72.4 Å². The molecule has 2 amide bonds. The second kappa shape index (κ2) is 9.20. The maximum Gasteiger partial charge on any atom is 0.253 e. The number of aryl methyl sites for hydroxylation is 1. The molecule has 3 aromatic rings. The van der Waals surface area contributed by atoms with E-state index in [2.05, 4.69) is 39.9 Å². The fraction of sp³-hybridized carbons (Fsp3) is 0.481. The number of carbonyl (C=O) groups is 2. The van der Waals surface area contributed by atoms with Crippen molar-refractivity contribution in [2.24, 2.45) is 0 Å². The van der Waals surface area contributed by atoms with E-state index in [1.54, 1.807) is 0 Å². The summed E-state index contributed by atoms with van der Waals surface area (Å²) in [7, 11) is 0. The standard InChI is InChI=1S/C27H35N5O2/c1-17(2)22-15-21(23-18(3)30-32(24(23)29-22)27(4,5)6)25(33)28-16-19-10-9-11-20(14-19)26(34)31-12-7-8-13-31/h9-11,14-15,17H,7-8,12-13,16H2,1-6H3,(H,28,33). The average Bonchev–Trinajstić information content (AvgIpc) is 3.45. The van der Waals surface area contributed by atoms with E-state index in [-0.39, 0.29) is 23.3 Å². The molecule has 1 aliphatic heterocycles. The van der Waals surface area contributed by atoms with Gasteiger partial charge in [-0.05, 0) is 70.2 Å². The molecule has 2 aromatic heterocycles. The number of likely N-dealkylation sites (tertiary alicyclic amines) is 1. The third-order valence-electron chi connectivity index (χ3n) is 6.32. The number of amides is 2. The summed E-state index contributed by atoms with van der Waals surface area (Å²) in [5.74, 6) is 0.0725. The van der Waals surface area contributed by atoms with Crippen LogP contribution in [0.5, 0.6) is 0 Å². The van der Waals surface area contributed by atoms with Crippen molar-refractivity contribution < 1.29 is 9.59 Å². The first kappa shape index (κ1) is 23.9. The Hall–Kier alpha value is -3.22. The SMILES string of the molecule is Cc1nn(C(C)(C)C)c2nc(C(C)C)cc(C(=O)NCc3cccc(C(=O)N4CCCC4)c3)c12. The van der Waals surface area contributed by atoms with Crippen molar-refractivity contribution in [1.29, 1.82) is 0 Å². The van der Waals surface area contributed by atoms with Gasteiger partial charge >= 0.3 is 0 Å². The Morgan fingerprint density at radius 2 is 1.82 bits per heavy atom. The molecular weight excluding hydrogens is 426 g/mol. The van der Waals surface area contributed by atoms with Crippen molar-refractivity contribution >= 4 is 22.8 Å². The van der Waals surface area contributed by atoms with Gasteiger partial charge in [-0.1, -0.05) is 26.0 Å². The Kier molecular flexibility index (Phi) is 6.47. The van der Waals surface area contributed by atoms with Gasteiger partial charge in [0.05, 0.1) is 22.2 Å². The molecule has 1 N–H and O–H groups in total. The van der Waals surface area contributed by atoms with Gasteiger partial charge in [-0.2, -0.15) is 5.10 Å². The quantitative estimate of drug-likeness (QED) is 0.593. The van der Waals surface area contributed by atoms with Gasteiger partial charge in [0.25, 0.3) is 11.8 Å². The Balaban J connectivity index is 1.62. The molecule has 180 valence electrons. The number of aromatic nitrogens is 3. The first-order valence-corrected chi connectivity index (χ1v) is 12.1. The van der Waals surface area contributed by atoms with Crippen LogP contribution >= 0.6 is 0 Å². The summed E-state index contributed by atoms with van der Waals surface area (Å²) in [6, 6.07) is 9.43. The minimum absolute atomic E-state index is 0.0633. The smallest absolute Gasteiger partial charge is 0.253 e. The third kappa shape index (κ3) is 4.69. The molecule has 1 aliphatic rings. The number of pyridine rings is 1. The van der Waals surface area contributed by atoms with Gasteiger partial charge in [0.1, 0.15) is 0 Å². The second-order valence-electron chi connectivity index (χ2n) is 10.5. The van der Waals surface area contributed by atoms with Crippen molar-refractivity contribution in [3.8, 4) is 0 Å². The number of benzene rings is 1. The summed E-state index contributed by atoms with van der Waals surface area (Å²) in [5.41, 5.74) is 4.28. The molecule has 0 unspecified atom stereocenters. The number of rotatable bonds is 5. The number of fused-ring (bicyclic) bond motifs is 1. The van der Waals surface area contributed by atoms with E-state index in [4.69, 9.17) is 10.1 Å². The van der Waals surface area contributed by atoms with E-state index >= 15 is 0 Å². The lowest BCUT2D eigenvalue weighted by Crippen LogP contribution is -2.28. The maximum absolute atomic E-state index is 13.4. The van der Waals surface area contributed by atoms with Crippen LogP contribution in [-0.2, 0) is 12.1 Å². The van der Waals surface area contributed by atoms with Gasteiger partial charge in [0.2, 0.25) is 0 Å². The predicted octanol–water partition coefficient (Wildman–Crippen LogP) is 4.78. The zero-order valence-corrected chi connectivity index (χ0v) is 21.1. The molecule has 0 saturated carbocycles. The molecule has 0 atom stereocenters. The van der Waals surface area contributed by atoms with Gasteiger partial charge in [-0.3, -0.25) is 9.59 Å². The Morgan fingerprint density at radius 3 is 2.47 bits per heavy atom. The Labute approximate surface area is 201 Å². The highest BCUT2D eigenvalue weighted by Crippen LogP contribution is 2.29. The molecule has 1 saturated heterocycles. The zero-order chi connectivity index (χ0) is 24.6. The van der Waals surface area contributed by atoms with E-state index in [0.29, 0.717) is 17.7 Å². The maximum atomic E-state index is 13.4. The summed E-state index contributed by atoms with van der Waals surface area (Å²) in [6.07, 6.45) is 2.12. The molecule has 7 heteroatoms. The van der Waals surface area contributed by atoms with E-state index in [1.807, 2.05) is 46.8 Å². The second-order valence-corrected chi connectivity index (χ2v) is 10.5. The molecule has 7 nitrogen and oxygen atoms in total. The summed E-state index contributed by atoms with van der Waals surface area (Å²) < 4.78 is 1.91. The lowest BCUT2D eigenvalue weighted by Gasteiger charge is -2.20. The average molecular weight is 462 g/mol. The Bertz CT molecular complexity index is 1230. The molecule has 34 heavy (non-hydrogen) atoms. The van der Waals surface area contributed by atoms with Gasteiger partial charge in [-0.25, -0.2) is 9.67 Å². The molecule has 0 spiro atoms. The van der Waals surface area contributed by atoms with Crippen LogP contribution in [0.1, 0.15) is 91.0 Å². The summed E-state index contributed by atoms with van der Waals surface area (Å²) in [6.45, 7) is 14.3. The lowest BCUT2D eigenvalue weighted by atomic mass is 10.0. The van der Waals surface area contributed by atoms with Crippen LogP contribution < -0.4 is 5.32 Å². The normalized spacial score (nSPS) is 14.3. The molecule has 3 heterocycles. The fourth-order valence-electron chi connectivity index (χ4n) is 4.45. The summed E-state index contributed by atoms with van der Waals surface area (Å²) in [4.78, 5) is 32.9. The van der Waals surface area contributed by atoms with Gasteiger partial charge in [0, 0.05) is 30.9 Å². The predicted molar refractivity (Wildman–Crippen MR) is 134 cm³/mol. The zero-order valence-electron chi connectivity index (χ0n) is 21.1. The van der Waals surface area contributed by atoms with Crippen LogP contribution in [0.3, 0.4) is 0 Å². The van der Waals surface area contributed by atoms with Crippen molar-refractivity contribution in [3.05, 3.63) is 58.4 Å². The number of carbonyl (C=O) groups excluding carboxylic acids is 2. The van der Waals surface area contributed by atoms with Gasteiger partial charge in [0.15, 0.2) is 5.65 Å². The van der Waals surface area contributed by atoms with Crippen LogP contribution in [0.25, 0.3) is 11.0 Å². The monoisotopic (exact) mass is 461 g/mol. The molecule has 1 fully saturated rings. The van der Waals surface area contributed by atoms with Crippen LogP contribution in [-0.4, -0.2) is 44.6 Å². The van der Waals surface area contributed by atoms with Gasteiger partial charge in [-0.15, -0.1) is 0 Å². The van der Waals surface area contributed by atoms with Crippen LogP contribution in [0.2, 0.25) is 0 Å². The topological polar surface area (TPSA) is 80.1 Å². The highest BCUT2D eigenvalue weighted by Gasteiger charge is 2.25. The lowest BCUT2D eigenvalue weighted by molar-refractivity contribution is 0.0792. The first-order valence-electron chi connectivity index (χ1n) is 12.1. The number of nitrogens with zero attached hydrogens (tertiary/aromatic N) is 4. The first-order chi connectivity index (χ1) is 16.1. The van der Waals surface area contributed by atoms with Crippen LogP contribution in [0.4, 0.5) is 0 Å². The number of hydrogen-bond donors (Lipinski definition) is 1. The van der Waals surface area contributed by atoms with E-state index in [0.717, 1.165) is 53.9 Å². The van der Waals surface area contributed by atoms with Crippen molar-refractivity contribution in [1.82, 2.24) is 25.0 Å². The van der Waals surface area contributed by atoms with E-state index in [1.165, 1.54) is 0 Å². The fourth-order valence-corrected chi connectivity index (χ4v) is 4.45. The summed E-state index contributed by atoms with van der Waals surface area (Å²) in [5, 5.41) is 8.57. The van der Waals surface area contributed by atoms with E-state index in [9.17, 15) is 9.59 Å². The molecule has 0 aliphatic carbocycles. The molecular formula is C27H35N5O2. The van der Waals surface area contributed by atoms with Gasteiger partial charge < -0.3 is 10.2 Å². The van der Waals surface area contributed by atoms with Crippen molar-refractivity contribution in [3.63, 3.8) is 0 Å². The molecule has 0 bridgehead atoms. The molecule has 1 aromatic carbocycles. The largest absolute Gasteiger partial charge is 0.348 e. The minimum atomic E-state index is -0.259.